The Morgan fingerprint density at radius 2 is 2.00 bits per heavy atom. The van der Waals surface area contributed by atoms with Crippen LogP contribution in [0.25, 0.3) is 10.8 Å². The Labute approximate surface area is 161 Å². The van der Waals surface area contributed by atoms with Gasteiger partial charge in [-0.2, -0.15) is 5.10 Å². The van der Waals surface area contributed by atoms with E-state index in [4.69, 9.17) is 4.74 Å². The third-order valence-electron chi connectivity index (χ3n) is 4.85. The summed E-state index contributed by atoms with van der Waals surface area (Å²) in [4.78, 5) is 37.9. The SMILES string of the molecule is C[C@H](OC(=O)Cc1n[nH]c(=O)c2ccccc12)C(=O)N(C)[C@H]1CCS(=O)(=O)C1. The third kappa shape index (κ3) is 4.22. The van der Waals surface area contributed by atoms with E-state index in [0.717, 1.165) is 0 Å². The predicted molar refractivity (Wildman–Crippen MR) is 101 cm³/mol. The minimum atomic E-state index is -3.13. The molecule has 1 aromatic carbocycles. The Morgan fingerprint density at radius 1 is 1.32 bits per heavy atom. The molecule has 2 atom stereocenters. The number of aromatic nitrogens is 2. The van der Waals surface area contributed by atoms with Crippen molar-refractivity contribution in [1.82, 2.24) is 15.1 Å². The van der Waals surface area contributed by atoms with Gasteiger partial charge in [-0.15, -0.1) is 0 Å². The molecule has 1 aromatic heterocycles. The molecule has 0 spiro atoms. The largest absolute Gasteiger partial charge is 0.452 e. The smallest absolute Gasteiger partial charge is 0.312 e. The maximum absolute atomic E-state index is 12.5. The van der Waals surface area contributed by atoms with Gasteiger partial charge in [-0.1, -0.05) is 18.2 Å². The standard InChI is InChI=1S/C18H21N3O6S/c1-11(18(24)21(2)12-7-8-28(25,26)10-12)27-16(22)9-15-13-5-3-4-6-14(13)17(23)20-19-15/h3-6,11-12H,7-10H2,1-2H3,(H,20,23)/t11-,12-/m0/s1. The van der Waals surface area contributed by atoms with Crippen molar-refractivity contribution in [2.75, 3.05) is 18.6 Å². The van der Waals surface area contributed by atoms with Gasteiger partial charge in [0, 0.05) is 18.5 Å². The number of nitrogens with one attached hydrogen (secondary N) is 1. The van der Waals surface area contributed by atoms with Gasteiger partial charge in [0.1, 0.15) is 0 Å². The highest BCUT2D eigenvalue weighted by Crippen LogP contribution is 2.18. The summed E-state index contributed by atoms with van der Waals surface area (Å²) in [6, 6.07) is 6.34. The number of fused-ring (bicyclic) bond motifs is 1. The topological polar surface area (TPSA) is 126 Å². The summed E-state index contributed by atoms with van der Waals surface area (Å²) in [6.07, 6.45) is -0.899. The molecule has 0 saturated carbocycles. The van der Waals surface area contributed by atoms with Crippen molar-refractivity contribution in [2.24, 2.45) is 0 Å². The van der Waals surface area contributed by atoms with E-state index in [0.29, 0.717) is 22.9 Å². The van der Waals surface area contributed by atoms with E-state index in [1.807, 2.05) is 0 Å². The molecule has 0 bridgehead atoms. The fraction of sp³-hybridized carbons (Fsp3) is 0.444. The first-order valence-electron chi connectivity index (χ1n) is 8.81. The van der Waals surface area contributed by atoms with Crippen LogP contribution in [0.3, 0.4) is 0 Å². The number of sulfone groups is 1. The molecule has 10 heteroatoms. The summed E-state index contributed by atoms with van der Waals surface area (Å²) >= 11 is 0. The summed E-state index contributed by atoms with van der Waals surface area (Å²) in [7, 11) is -1.62. The van der Waals surface area contributed by atoms with Crippen LogP contribution in [-0.2, 0) is 30.6 Å². The molecule has 1 saturated heterocycles. The number of aromatic amines is 1. The molecule has 0 aliphatic carbocycles. The first-order chi connectivity index (χ1) is 13.2. The Bertz CT molecular complexity index is 1080. The predicted octanol–water partition coefficient (Wildman–Crippen LogP) is 0.0428. The summed E-state index contributed by atoms with van der Waals surface area (Å²) in [6.45, 7) is 1.44. The second-order valence-corrected chi connectivity index (χ2v) is 9.09. The van der Waals surface area contributed by atoms with Gasteiger partial charge in [-0.05, 0) is 19.4 Å². The second-order valence-electron chi connectivity index (χ2n) is 6.86. The van der Waals surface area contributed by atoms with E-state index >= 15 is 0 Å². The minimum absolute atomic E-state index is 0.0500. The average molecular weight is 407 g/mol. The minimum Gasteiger partial charge on any atom is -0.452 e. The van der Waals surface area contributed by atoms with Crippen LogP contribution in [0.4, 0.5) is 0 Å². The Balaban J connectivity index is 1.66. The van der Waals surface area contributed by atoms with Gasteiger partial charge in [0.15, 0.2) is 15.9 Å². The molecule has 1 N–H and O–H groups in total. The van der Waals surface area contributed by atoms with Crippen LogP contribution in [0.1, 0.15) is 19.0 Å². The van der Waals surface area contributed by atoms with Crippen molar-refractivity contribution in [3.05, 3.63) is 40.3 Å². The molecular weight excluding hydrogens is 386 g/mol. The number of likely N-dealkylation sites (N-methyl/N-ethyl adjacent to an activating group) is 1. The van der Waals surface area contributed by atoms with Crippen molar-refractivity contribution in [2.45, 2.75) is 31.9 Å². The molecule has 0 unspecified atom stereocenters. The summed E-state index contributed by atoms with van der Waals surface area (Å²) < 4.78 is 28.4. The Morgan fingerprint density at radius 3 is 2.64 bits per heavy atom. The molecule has 2 aromatic rings. The highest BCUT2D eigenvalue weighted by atomic mass is 32.2. The number of ether oxygens (including phenoxy) is 1. The van der Waals surface area contributed by atoms with Gasteiger partial charge >= 0.3 is 5.97 Å². The van der Waals surface area contributed by atoms with Crippen LogP contribution in [0, 0.1) is 0 Å². The normalized spacial score (nSPS) is 19.3. The van der Waals surface area contributed by atoms with E-state index in [9.17, 15) is 22.8 Å². The Hall–Kier alpha value is -2.75. The number of H-pyrrole nitrogens is 1. The number of rotatable bonds is 5. The van der Waals surface area contributed by atoms with Gasteiger partial charge in [-0.25, -0.2) is 13.5 Å². The Kier molecular flexibility index (Phi) is 5.50. The summed E-state index contributed by atoms with van der Waals surface area (Å²) in [5, 5.41) is 7.20. The fourth-order valence-electron chi connectivity index (χ4n) is 3.28. The van der Waals surface area contributed by atoms with E-state index in [1.54, 1.807) is 24.3 Å². The van der Waals surface area contributed by atoms with Crippen molar-refractivity contribution in [1.29, 1.82) is 0 Å². The van der Waals surface area contributed by atoms with Crippen LogP contribution in [0.5, 0.6) is 0 Å². The lowest BCUT2D eigenvalue weighted by Gasteiger charge is -2.26. The van der Waals surface area contributed by atoms with Crippen LogP contribution >= 0.6 is 0 Å². The van der Waals surface area contributed by atoms with Crippen molar-refractivity contribution in [3.8, 4) is 0 Å². The molecule has 28 heavy (non-hydrogen) atoms. The quantitative estimate of drug-likeness (QED) is 0.694. The monoisotopic (exact) mass is 407 g/mol. The van der Waals surface area contributed by atoms with Gasteiger partial charge in [0.05, 0.1) is 29.0 Å². The number of carbonyl (C=O) groups is 2. The van der Waals surface area contributed by atoms with Crippen molar-refractivity contribution in [3.63, 3.8) is 0 Å². The number of amides is 1. The summed E-state index contributed by atoms with van der Waals surface area (Å²) in [5.41, 5.74) is -0.0144. The van der Waals surface area contributed by atoms with Gasteiger partial charge < -0.3 is 9.64 Å². The number of hydrogen-bond donors (Lipinski definition) is 1. The lowest BCUT2D eigenvalue weighted by Crippen LogP contribution is -2.44. The van der Waals surface area contributed by atoms with Crippen LogP contribution in [0.2, 0.25) is 0 Å². The molecule has 1 aliphatic heterocycles. The fourth-order valence-corrected chi connectivity index (χ4v) is 5.05. The maximum atomic E-state index is 12.5. The van der Waals surface area contributed by atoms with E-state index in [-0.39, 0.29) is 23.5 Å². The molecule has 0 radical (unpaired) electrons. The molecule has 1 fully saturated rings. The van der Waals surface area contributed by atoms with Gasteiger partial charge in [-0.3, -0.25) is 14.4 Å². The molecule has 1 aliphatic rings. The van der Waals surface area contributed by atoms with E-state index in [1.165, 1.54) is 18.9 Å². The number of hydrogen-bond acceptors (Lipinski definition) is 7. The van der Waals surface area contributed by atoms with Crippen LogP contribution in [0.15, 0.2) is 29.1 Å². The number of nitrogens with zero attached hydrogens (tertiary/aromatic N) is 2. The zero-order chi connectivity index (χ0) is 20.5. The van der Waals surface area contributed by atoms with Crippen LogP contribution in [-0.4, -0.2) is 66.1 Å². The molecule has 2 heterocycles. The van der Waals surface area contributed by atoms with Crippen molar-refractivity contribution >= 4 is 32.5 Å². The number of benzene rings is 1. The van der Waals surface area contributed by atoms with Crippen molar-refractivity contribution < 1.29 is 22.7 Å². The molecule has 9 nitrogen and oxygen atoms in total. The molecule has 150 valence electrons. The first kappa shape index (κ1) is 20.0. The lowest BCUT2D eigenvalue weighted by atomic mass is 10.1. The maximum Gasteiger partial charge on any atom is 0.312 e. The van der Waals surface area contributed by atoms with Gasteiger partial charge in [0.2, 0.25) is 0 Å². The molecule has 3 rings (SSSR count). The third-order valence-corrected chi connectivity index (χ3v) is 6.60. The van der Waals surface area contributed by atoms with Crippen LogP contribution < -0.4 is 5.56 Å². The second kappa shape index (κ2) is 7.70. The molecular formula is C18H21N3O6S. The highest BCUT2D eigenvalue weighted by molar-refractivity contribution is 7.91. The lowest BCUT2D eigenvalue weighted by molar-refractivity contribution is -0.158. The van der Waals surface area contributed by atoms with Gasteiger partial charge in [0.25, 0.3) is 11.5 Å². The average Bonchev–Trinajstić information content (AvgIpc) is 3.02. The van der Waals surface area contributed by atoms with E-state index in [2.05, 4.69) is 10.2 Å². The number of carbonyl (C=O) groups excluding carboxylic acids is 2. The van der Waals surface area contributed by atoms with E-state index < -0.39 is 33.9 Å². The summed E-state index contributed by atoms with van der Waals surface area (Å²) in [5.74, 6) is -1.16. The highest BCUT2D eigenvalue weighted by Gasteiger charge is 2.35. The molecule has 1 amide bonds. The zero-order valence-corrected chi connectivity index (χ0v) is 16.4. The first-order valence-corrected chi connectivity index (χ1v) is 10.6. The zero-order valence-electron chi connectivity index (χ0n) is 15.5. The number of esters is 1.